The highest BCUT2D eigenvalue weighted by Gasteiger charge is 2.20. The molecular formula is C15H22N2O5. The van der Waals surface area contributed by atoms with Crippen LogP contribution in [0.4, 0.5) is 5.69 Å². The predicted octanol–water partition coefficient (Wildman–Crippen LogP) is 0.399. The molecule has 0 aliphatic rings. The molecule has 0 saturated heterocycles. The first-order valence-corrected chi connectivity index (χ1v) is 7.01. The summed E-state index contributed by atoms with van der Waals surface area (Å²) >= 11 is 0. The van der Waals surface area contributed by atoms with Gasteiger partial charge in [-0.1, -0.05) is 12.1 Å². The second-order valence-corrected chi connectivity index (χ2v) is 4.53. The van der Waals surface area contributed by atoms with Gasteiger partial charge in [0.05, 0.1) is 18.8 Å². The van der Waals surface area contributed by atoms with Gasteiger partial charge in [-0.3, -0.25) is 4.79 Å². The number of nitrogens with one attached hydrogen (secondary N) is 2. The number of anilines is 1. The van der Waals surface area contributed by atoms with E-state index in [4.69, 9.17) is 14.6 Å². The zero-order chi connectivity index (χ0) is 16.4. The summed E-state index contributed by atoms with van der Waals surface area (Å²) in [4.78, 5) is 23.9. The predicted molar refractivity (Wildman–Crippen MR) is 81.8 cm³/mol. The number of benzene rings is 1. The zero-order valence-electron chi connectivity index (χ0n) is 12.8. The molecule has 3 N–H and O–H groups in total. The molecule has 0 bridgehead atoms. The number of hydrogen-bond acceptors (Lipinski definition) is 6. The lowest BCUT2D eigenvalue weighted by atomic mass is 10.1. The molecular weight excluding hydrogens is 288 g/mol. The molecule has 1 amide bonds. The molecule has 0 saturated carbocycles. The molecule has 7 nitrogen and oxygen atoms in total. The number of carbonyl (C=O) groups excluding carboxylic acids is 2. The van der Waals surface area contributed by atoms with Gasteiger partial charge < -0.3 is 25.2 Å². The van der Waals surface area contributed by atoms with Gasteiger partial charge in [-0.25, -0.2) is 4.79 Å². The van der Waals surface area contributed by atoms with Gasteiger partial charge in [0, 0.05) is 25.9 Å². The normalized spacial score (nSPS) is 11.6. The van der Waals surface area contributed by atoms with Crippen LogP contribution in [0.5, 0.6) is 0 Å². The number of amides is 1. The highest BCUT2D eigenvalue weighted by atomic mass is 16.5. The van der Waals surface area contributed by atoms with Crippen LogP contribution in [0.1, 0.15) is 17.3 Å². The van der Waals surface area contributed by atoms with Crippen molar-refractivity contribution in [3.8, 4) is 0 Å². The van der Waals surface area contributed by atoms with E-state index >= 15 is 0 Å². The largest absolute Gasteiger partial charge is 0.449 e. The van der Waals surface area contributed by atoms with Gasteiger partial charge in [-0.15, -0.1) is 0 Å². The number of methoxy groups -OCH3 is 1. The van der Waals surface area contributed by atoms with Gasteiger partial charge >= 0.3 is 5.97 Å². The second kappa shape index (κ2) is 9.75. The molecule has 1 atom stereocenters. The van der Waals surface area contributed by atoms with E-state index in [0.717, 1.165) is 0 Å². The standard InChI is InChI=1S/C15H22N2O5/c1-11(14(19)17-8-10-21-2)22-15(20)12-5-3-4-6-13(12)16-7-9-18/h3-6,11,16,18H,7-10H2,1-2H3,(H,17,19)/t11-/m0/s1. The number of rotatable bonds is 9. The van der Waals surface area contributed by atoms with E-state index in [1.807, 2.05) is 0 Å². The van der Waals surface area contributed by atoms with E-state index in [0.29, 0.717) is 30.9 Å². The Morgan fingerprint density at radius 1 is 1.27 bits per heavy atom. The first-order chi connectivity index (χ1) is 10.6. The minimum atomic E-state index is -0.907. The van der Waals surface area contributed by atoms with E-state index in [-0.39, 0.29) is 12.5 Å². The first kappa shape index (κ1) is 17.9. The topological polar surface area (TPSA) is 96.9 Å². The van der Waals surface area contributed by atoms with Crippen LogP contribution in [-0.4, -0.2) is 56.5 Å². The molecule has 0 heterocycles. The molecule has 0 aliphatic carbocycles. The minimum absolute atomic E-state index is 0.0539. The van der Waals surface area contributed by atoms with Crippen molar-refractivity contribution in [3.05, 3.63) is 29.8 Å². The Morgan fingerprint density at radius 2 is 2.00 bits per heavy atom. The van der Waals surface area contributed by atoms with Crippen molar-refractivity contribution in [1.29, 1.82) is 0 Å². The monoisotopic (exact) mass is 310 g/mol. The van der Waals surface area contributed by atoms with Gasteiger partial charge in [0.15, 0.2) is 6.10 Å². The van der Waals surface area contributed by atoms with Crippen molar-refractivity contribution < 1.29 is 24.2 Å². The highest BCUT2D eigenvalue weighted by molar-refractivity contribution is 5.97. The Labute approximate surface area is 129 Å². The zero-order valence-corrected chi connectivity index (χ0v) is 12.8. The average molecular weight is 310 g/mol. The summed E-state index contributed by atoms with van der Waals surface area (Å²) in [5.74, 6) is -0.985. The van der Waals surface area contributed by atoms with E-state index < -0.39 is 12.1 Å². The number of aliphatic hydroxyl groups excluding tert-OH is 1. The smallest absolute Gasteiger partial charge is 0.341 e. The number of para-hydroxylation sites is 1. The highest BCUT2D eigenvalue weighted by Crippen LogP contribution is 2.16. The molecule has 0 spiro atoms. The molecule has 7 heteroatoms. The molecule has 0 radical (unpaired) electrons. The Hall–Kier alpha value is -2.12. The van der Waals surface area contributed by atoms with Crippen molar-refractivity contribution in [2.24, 2.45) is 0 Å². The molecule has 1 aromatic carbocycles. The molecule has 0 aromatic heterocycles. The molecule has 122 valence electrons. The summed E-state index contributed by atoms with van der Waals surface area (Å²) in [5.41, 5.74) is 0.862. The number of ether oxygens (including phenoxy) is 2. The lowest BCUT2D eigenvalue weighted by Gasteiger charge is -2.15. The lowest BCUT2D eigenvalue weighted by Crippen LogP contribution is -2.37. The maximum Gasteiger partial charge on any atom is 0.341 e. The molecule has 1 aromatic rings. The van der Waals surface area contributed by atoms with Crippen LogP contribution in [0.25, 0.3) is 0 Å². The molecule has 0 aliphatic heterocycles. The summed E-state index contributed by atoms with van der Waals surface area (Å²) in [5, 5.41) is 14.4. The van der Waals surface area contributed by atoms with Crippen LogP contribution in [0.15, 0.2) is 24.3 Å². The van der Waals surface area contributed by atoms with Crippen LogP contribution in [0.2, 0.25) is 0 Å². The van der Waals surface area contributed by atoms with E-state index in [1.54, 1.807) is 24.3 Å². The van der Waals surface area contributed by atoms with Gasteiger partial charge in [-0.05, 0) is 19.1 Å². The second-order valence-electron chi connectivity index (χ2n) is 4.53. The van der Waals surface area contributed by atoms with Gasteiger partial charge in [-0.2, -0.15) is 0 Å². The Balaban J connectivity index is 2.62. The van der Waals surface area contributed by atoms with E-state index in [1.165, 1.54) is 14.0 Å². The number of esters is 1. The van der Waals surface area contributed by atoms with Gasteiger partial charge in [0.1, 0.15) is 0 Å². The number of aliphatic hydroxyl groups is 1. The fourth-order valence-corrected chi connectivity index (χ4v) is 1.70. The van der Waals surface area contributed by atoms with Gasteiger partial charge in [0.25, 0.3) is 5.91 Å². The average Bonchev–Trinajstić information content (AvgIpc) is 2.53. The van der Waals surface area contributed by atoms with Crippen molar-refractivity contribution in [2.45, 2.75) is 13.0 Å². The van der Waals surface area contributed by atoms with Crippen molar-refractivity contribution in [2.75, 3.05) is 38.7 Å². The fraction of sp³-hybridized carbons (Fsp3) is 0.467. The summed E-state index contributed by atoms with van der Waals surface area (Å²) in [6.07, 6.45) is -0.907. The first-order valence-electron chi connectivity index (χ1n) is 7.01. The maximum absolute atomic E-state index is 12.1. The minimum Gasteiger partial charge on any atom is -0.449 e. The molecule has 0 unspecified atom stereocenters. The Morgan fingerprint density at radius 3 is 2.68 bits per heavy atom. The Kier molecular flexibility index (Phi) is 7.95. The van der Waals surface area contributed by atoms with Crippen LogP contribution in [0.3, 0.4) is 0 Å². The summed E-state index contributed by atoms with van der Waals surface area (Å²) in [7, 11) is 1.53. The lowest BCUT2D eigenvalue weighted by molar-refractivity contribution is -0.129. The quantitative estimate of drug-likeness (QED) is 0.451. The van der Waals surface area contributed by atoms with E-state index in [2.05, 4.69) is 10.6 Å². The molecule has 22 heavy (non-hydrogen) atoms. The van der Waals surface area contributed by atoms with Crippen molar-refractivity contribution in [3.63, 3.8) is 0 Å². The summed E-state index contributed by atoms with van der Waals surface area (Å²) < 4.78 is 9.98. The maximum atomic E-state index is 12.1. The Bertz CT molecular complexity index is 493. The van der Waals surface area contributed by atoms with Crippen LogP contribution in [-0.2, 0) is 14.3 Å². The third kappa shape index (κ3) is 5.71. The fourth-order valence-electron chi connectivity index (χ4n) is 1.70. The van der Waals surface area contributed by atoms with Crippen LogP contribution in [0, 0.1) is 0 Å². The van der Waals surface area contributed by atoms with E-state index in [9.17, 15) is 9.59 Å². The third-order valence-corrected chi connectivity index (χ3v) is 2.83. The third-order valence-electron chi connectivity index (χ3n) is 2.83. The van der Waals surface area contributed by atoms with Crippen molar-refractivity contribution in [1.82, 2.24) is 5.32 Å². The summed E-state index contributed by atoms with van der Waals surface area (Å²) in [6.45, 7) is 2.51. The van der Waals surface area contributed by atoms with Crippen LogP contribution < -0.4 is 10.6 Å². The number of hydrogen-bond donors (Lipinski definition) is 3. The molecule has 0 fully saturated rings. The van der Waals surface area contributed by atoms with Gasteiger partial charge in [0.2, 0.25) is 0 Å². The number of carbonyl (C=O) groups is 2. The van der Waals surface area contributed by atoms with Crippen LogP contribution >= 0.6 is 0 Å². The molecule has 1 rings (SSSR count). The summed E-state index contributed by atoms with van der Waals surface area (Å²) in [6, 6.07) is 6.76. The van der Waals surface area contributed by atoms with Crippen molar-refractivity contribution >= 4 is 17.6 Å². The SMILES string of the molecule is COCCNC(=O)[C@H](C)OC(=O)c1ccccc1NCCO.